The third-order valence-corrected chi connectivity index (χ3v) is 5.55. The molecular weight excluding hydrogens is 330 g/mol. The SMILES string of the molecule is CCNC(=NCC(C)(O)c1ccsc1)NCC1(c2ccccc2)CC1. The van der Waals surface area contributed by atoms with Gasteiger partial charge in [0.15, 0.2) is 5.96 Å². The van der Waals surface area contributed by atoms with Gasteiger partial charge in [0, 0.05) is 18.5 Å². The topological polar surface area (TPSA) is 56.7 Å². The van der Waals surface area contributed by atoms with E-state index in [0.717, 1.165) is 24.6 Å². The lowest BCUT2D eigenvalue weighted by Gasteiger charge is -2.22. The number of nitrogens with zero attached hydrogens (tertiary/aromatic N) is 1. The van der Waals surface area contributed by atoms with Crippen LogP contribution in [-0.4, -0.2) is 30.7 Å². The third kappa shape index (κ3) is 4.41. The molecule has 134 valence electrons. The number of hydrogen-bond donors (Lipinski definition) is 3. The first kappa shape index (κ1) is 18.0. The summed E-state index contributed by atoms with van der Waals surface area (Å²) in [6.07, 6.45) is 2.41. The molecule has 0 saturated heterocycles. The highest BCUT2D eigenvalue weighted by Gasteiger charge is 2.44. The highest BCUT2D eigenvalue weighted by Crippen LogP contribution is 2.47. The Hall–Kier alpha value is -1.85. The maximum absolute atomic E-state index is 10.7. The first-order chi connectivity index (χ1) is 12.1. The van der Waals surface area contributed by atoms with Crippen LogP contribution in [0, 0.1) is 0 Å². The fourth-order valence-corrected chi connectivity index (χ4v) is 3.78. The summed E-state index contributed by atoms with van der Waals surface area (Å²) in [5, 5.41) is 21.4. The van der Waals surface area contributed by atoms with Crippen LogP contribution in [0.15, 0.2) is 52.2 Å². The average molecular weight is 358 g/mol. The molecule has 1 aliphatic carbocycles. The van der Waals surface area contributed by atoms with Crippen molar-refractivity contribution in [3.63, 3.8) is 0 Å². The van der Waals surface area contributed by atoms with Crippen molar-refractivity contribution in [2.75, 3.05) is 19.6 Å². The van der Waals surface area contributed by atoms with Gasteiger partial charge in [0.2, 0.25) is 0 Å². The Labute approximate surface area is 154 Å². The van der Waals surface area contributed by atoms with Crippen LogP contribution in [0.4, 0.5) is 0 Å². The molecule has 0 radical (unpaired) electrons. The number of aliphatic hydroxyl groups is 1. The van der Waals surface area contributed by atoms with Gasteiger partial charge < -0.3 is 15.7 Å². The molecule has 1 aliphatic rings. The average Bonchev–Trinajstić information content (AvgIpc) is 3.20. The number of benzene rings is 1. The Balaban J connectivity index is 1.63. The minimum Gasteiger partial charge on any atom is -0.383 e. The predicted molar refractivity (Wildman–Crippen MR) is 105 cm³/mol. The number of rotatable bonds is 7. The van der Waals surface area contributed by atoms with Crippen LogP contribution in [-0.2, 0) is 11.0 Å². The molecule has 1 saturated carbocycles. The quantitative estimate of drug-likeness (QED) is 0.527. The van der Waals surface area contributed by atoms with Crippen LogP contribution < -0.4 is 10.6 Å². The number of thiophene rings is 1. The highest BCUT2D eigenvalue weighted by molar-refractivity contribution is 7.08. The van der Waals surface area contributed by atoms with Gasteiger partial charge in [-0.05, 0) is 54.6 Å². The molecule has 25 heavy (non-hydrogen) atoms. The lowest BCUT2D eigenvalue weighted by Crippen LogP contribution is -2.42. The molecule has 2 aromatic rings. The normalized spacial score (nSPS) is 18.4. The standard InChI is InChI=1S/C20H27N3OS/c1-3-21-18(22-14-19(2,24)17-9-12-25-13-17)23-15-20(10-11-20)16-7-5-4-6-8-16/h4-9,12-13,24H,3,10-11,14-15H2,1-2H3,(H2,21,22,23). The monoisotopic (exact) mass is 357 g/mol. The second-order valence-corrected chi connectivity index (χ2v) is 7.76. The minimum atomic E-state index is -0.945. The Morgan fingerprint density at radius 1 is 1.24 bits per heavy atom. The number of nitrogens with one attached hydrogen (secondary N) is 2. The molecular formula is C20H27N3OS. The van der Waals surface area contributed by atoms with Gasteiger partial charge in [0.1, 0.15) is 5.60 Å². The maximum atomic E-state index is 10.7. The summed E-state index contributed by atoms with van der Waals surface area (Å²) in [5.41, 5.74) is 1.59. The van der Waals surface area contributed by atoms with Crippen LogP contribution >= 0.6 is 11.3 Å². The molecule has 3 rings (SSSR count). The highest BCUT2D eigenvalue weighted by atomic mass is 32.1. The molecule has 5 heteroatoms. The summed E-state index contributed by atoms with van der Waals surface area (Å²) in [6, 6.07) is 12.6. The van der Waals surface area contributed by atoms with Crippen molar-refractivity contribution >= 4 is 17.3 Å². The Kier molecular flexibility index (Phi) is 5.45. The molecule has 3 N–H and O–H groups in total. The molecule has 0 aliphatic heterocycles. The molecule has 4 nitrogen and oxygen atoms in total. The minimum absolute atomic E-state index is 0.229. The van der Waals surface area contributed by atoms with E-state index in [1.54, 1.807) is 11.3 Å². The Morgan fingerprint density at radius 2 is 2.00 bits per heavy atom. The number of guanidine groups is 1. The molecule has 1 atom stereocenters. The smallest absolute Gasteiger partial charge is 0.191 e. The largest absolute Gasteiger partial charge is 0.383 e. The molecule has 0 spiro atoms. The molecule has 0 amide bonds. The summed E-state index contributed by atoms with van der Waals surface area (Å²) in [6.45, 7) is 5.86. The van der Waals surface area contributed by atoms with E-state index >= 15 is 0 Å². The maximum Gasteiger partial charge on any atom is 0.191 e. The van der Waals surface area contributed by atoms with Crippen LogP contribution in [0.2, 0.25) is 0 Å². The summed E-state index contributed by atoms with van der Waals surface area (Å²) in [4.78, 5) is 4.61. The molecule has 1 aromatic carbocycles. The van der Waals surface area contributed by atoms with Crippen molar-refractivity contribution in [2.45, 2.75) is 37.7 Å². The second-order valence-electron chi connectivity index (χ2n) is 6.98. The first-order valence-electron chi connectivity index (χ1n) is 8.88. The van der Waals surface area contributed by atoms with Crippen LogP contribution in [0.3, 0.4) is 0 Å². The number of aliphatic imine (C=N–C) groups is 1. The van der Waals surface area contributed by atoms with Gasteiger partial charge in [-0.2, -0.15) is 11.3 Å². The fourth-order valence-electron chi connectivity index (χ4n) is 3.00. The molecule has 1 heterocycles. The molecule has 1 unspecified atom stereocenters. The summed E-state index contributed by atoms with van der Waals surface area (Å²) >= 11 is 1.59. The Bertz CT molecular complexity index is 691. The van der Waals surface area contributed by atoms with Gasteiger partial charge in [-0.1, -0.05) is 30.3 Å². The van der Waals surface area contributed by atoms with Crippen LogP contribution in [0.25, 0.3) is 0 Å². The van der Waals surface area contributed by atoms with Gasteiger partial charge in [0.25, 0.3) is 0 Å². The zero-order valence-electron chi connectivity index (χ0n) is 15.0. The molecule has 0 bridgehead atoms. The first-order valence-corrected chi connectivity index (χ1v) is 9.83. The van der Waals surface area contributed by atoms with Gasteiger partial charge in [0.05, 0.1) is 6.54 Å². The molecule has 1 aromatic heterocycles. The van der Waals surface area contributed by atoms with Crippen molar-refractivity contribution in [1.82, 2.24) is 10.6 Å². The zero-order valence-corrected chi connectivity index (χ0v) is 15.8. The van der Waals surface area contributed by atoms with E-state index in [1.165, 1.54) is 18.4 Å². The van der Waals surface area contributed by atoms with E-state index in [2.05, 4.69) is 52.9 Å². The van der Waals surface area contributed by atoms with Crippen molar-refractivity contribution < 1.29 is 5.11 Å². The fraction of sp³-hybridized carbons (Fsp3) is 0.450. The zero-order chi connectivity index (χ0) is 17.8. The van der Waals surface area contributed by atoms with Crippen molar-refractivity contribution in [2.24, 2.45) is 4.99 Å². The van der Waals surface area contributed by atoms with Gasteiger partial charge in [-0.15, -0.1) is 0 Å². The van der Waals surface area contributed by atoms with E-state index in [9.17, 15) is 5.11 Å². The summed E-state index contributed by atoms with van der Waals surface area (Å²) in [5.74, 6) is 0.764. The van der Waals surface area contributed by atoms with Crippen molar-refractivity contribution in [1.29, 1.82) is 0 Å². The lowest BCUT2D eigenvalue weighted by molar-refractivity contribution is 0.0677. The van der Waals surface area contributed by atoms with E-state index in [-0.39, 0.29) is 5.41 Å². The number of hydrogen-bond acceptors (Lipinski definition) is 3. The second kappa shape index (κ2) is 7.58. The van der Waals surface area contributed by atoms with Gasteiger partial charge in [-0.3, -0.25) is 0 Å². The third-order valence-electron chi connectivity index (χ3n) is 4.87. The van der Waals surface area contributed by atoms with Gasteiger partial charge in [-0.25, -0.2) is 4.99 Å². The summed E-state index contributed by atoms with van der Waals surface area (Å²) < 4.78 is 0. The van der Waals surface area contributed by atoms with Crippen molar-refractivity contribution in [3.05, 3.63) is 58.3 Å². The van der Waals surface area contributed by atoms with E-state index in [4.69, 9.17) is 0 Å². The van der Waals surface area contributed by atoms with E-state index in [1.807, 2.05) is 23.8 Å². The van der Waals surface area contributed by atoms with Crippen molar-refractivity contribution in [3.8, 4) is 0 Å². The lowest BCUT2D eigenvalue weighted by atomic mass is 9.96. The Morgan fingerprint density at radius 3 is 2.60 bits per heavy atom. The summed E-state index contributed by atoms with van der Waals surface area (Å²) in [7, 11) is 0. The van der Waals surface area contributed by atoms with Gasteiger partial charge >= 0.3 is 0 Å². The van der Waals surface area contributed by atoms with E-state index < -0.39 is 5.60 Å². The van der Waals surface area contributed by atoms with Crippen LogP contribution in [0.5, 0.6) is 0 Å². The molecule has 1 fully saturated rings. The van der Waals surface area contributed by atoms with Crippen LogP contribution in [0.1, 0.15) is 37.8 Å². The predicted octanol–water partition coefficient (Wildman–Crippen LogP) is 3.24. The van der Waals surface area contributed by atoms with E-state index in [0.29, 0.717) is 6.54 Å².